The molecule has 5 heteroatoms. The highest BCUT2D eigenvalue weighted by Crippen LogP contribution is 2.51. The van der Waals surface area contributed by atoms with Gasteiger partial charge in [0.25, 0.3) is 0 Å². The van der Waals surface area contributed by atoms with E-state index in [2.05, 4.69) is 20.8 Å². The van der Waals surface area contributed by atoms with Crippen LogP contribution in [0.25, 0.3) is 10.8 Å². The zero-order valence-corrected chi connectivity index (χ0v) is 20.6. The normalized spacial score (nSPS) is 13.4. The molecule has 0 spiro atoms. The second kappa shape index (κ2) is 8.96. The topological polar surface area (TPSA) is 44.8 Å². The number of hydrogen-bond donors (Lipinski definition) is 0. The fourth-order valence-electron chi connectivity index (χ4n) is 3.61. The molecule has 0 fully saturated rings. The molecule has 33 heavy (non-hydrogen) atoms. The van der Waals surface area contributed by atoms with Gasteiger partial charge in [0.15, 0.2) is 0 Å². The molecule has 0 aliphatic rings. The Bertz CT molecular complexity index is 1300. The largest absolute Gasteiger partial charge is 0.647 e. The molecular formula is C28H29O4P. The molecule has 0 N–H and O–H groups in total. The highest BCUT2D eigenvalue weighted by atomic mass is 31.2. The standard InChI is InChI=1S/C28H29O4P/c1-20-9-8-10-21(2)27(20)32-33(29,30-25-17-14-24(15-18-25)28(3,4)5)31-26-16-13-22-11-6-7-12-23(22)19-26/h6-19H,1-5H3. The summed E-state index contributed by atoms with van der Waals surface area (Å²) >= 11 is 0. The third kappa shape index (κ3) is 5.40. The van der Waals surface area contributed by atoms with Crippen molar-refractivity contribution in [1.29, 1.82) is 0 Å². The quantitative estimate of drug-likeness (QED) is 0.271. The van der Waals surface area contributed by atoms with Crippen LogP contribution in [0, 0.1) is 13.8 Å². The van der Waals surface area contributed by atoms with Crippen LogP contribution in [0.5, 0.6) is 17.2 Å². The van der Waals surface area contributed by atoms with Crippen LogP contribution >= 0.6 is 7.82 Å². The van der Waals surface area contributed by atoms with Crippen molar-refractivity contribution >= 4 is 18.6 Å². The summed E-state index contributed by atoms with van der Waals surface area (Å²) in [7, 11) is -4.07. The molecule has 0 aliphatic heterocycles. The number of benzene rings is 4. The fraction of sp³-hybridized carbons (Fsp3) is 0.214. The van der Waals surface area contributed by atoms with E-state index in [4.69, 9.17) is 13.6 Å². The molecule has 0 radical (unpaired) electrons. The van der Waals surface area contributed by atoms with Gasteiger partial charge in [-0.2, -0.15) is 4.57 Å². The van der Waals surface area contributed by atoms with E-state index in [0.29, 0.717) is 17.2 Å². The maximum atomic E-state index is 14.0. The summed E-state index contributed by atoms with van der Waals surface area (Å²) in [4.78, 5) is 0. The number of hydrogen-bond acceptors (Lipinski definition) is 4. The van der Waals surface area contributed by atoms with Crippen molar-refractivity contribution in [2.45, 2.75) is 40.0 Å². The molecule has 1 atom stereocenters. The van der Waals surface area contributed by atoms with E-state index in [-0.39, 0.29) is 5.41 Å². The Balaban J connectivity index is 1.70. The first-order valence-electron chi connectivity index (χ1n) is 11.0. The Morgan fingerprint density at radius 3 is 1.85 bits per heavy atom. The van der Waals surface area contributed by atoms with Crippen molar-refractivity contribution in [2.75, 3.05) is 0 Å². The summed E-state index contributed by atoms with van der Waals surface area (Å²) in [5.74, 6) is 1.32. The van der Waals surface area contributed by atoms with E-state index in [0.717, 1.165) is 27.5 Å². The Kier molecular flexibility index (Phi) is 6.23. The molecule has 0 amide bonds. The predicted molar refractivity (Wildman–Crippen MR) is 134 cm³/mol. The second-order valence-electron chi connectivity index (χ2n) is 9.23. The summed E-state index contributed by atoms with van der Waals surface area (Å²) in [5, 5.41) is 2.04. The van der Waals surface area contributed by atoms with E-state index < -0.39 is 7.82 Å². The summed E-state index contributed by atoms with van der Waals surface area (Å²) in [6.07, 6.45) is 0. The van der Waals surface area contributed by atoms with Gasteiger partial charge in [-0.05, 0) is 71.0 Å². The average Bonchev–Trinajstić information content (AvgIpc) is 2.76. The van der Waals surface area contributed by atoms with Crippen LogP contribution in [0.4, 0.5) is 0 Å². The molecule has 1 unspecified atom stereocenters. The minimum atomic E-state index is -4.07. The molecule has 4 aromatic rings. The molecule has 0 saturated heterocycles. The first-order chi connectivity index (χ1) is 15.6. The van der Waals surface area contributed by atoms with E-state index in [9.17, 15) is 4.57 Å². The van der Waals surface area contributed by atoms with Crippen LogP contribution in [-0.2, 0) is 9.98 Å². The van der Waals surface area contributed by atoms with Crippen LogP contribution in [0.3, 0.4) is 0 Å². The van der Waals surface area contributed by atoms with Crippen molar-refractivity contribution in [3.8, 4) is 17.2 Å². The fourth-order valence-corrected chi connectivity index (χ4v) is 4.98. The minimum Gasteiger partial charge on any atom is -0.386 e. The Morgan fingerprint density at radius 1 is 0.636 bits per heavy atom. The summed E-state index contributed by atoms with van der Waals surface area (Å²) in [5.41, 5.74) is 2.85. The monoisotopic (exact) mass is 460 g/mol. The van der Waals surface area contributed by atoms with E-state index in [1.165, 1.54) is 0 Å². The Labute approximate surface area is 195 Å². The maximum Gasteiger partial charge on any atom is 0.647 e. The van der Waals surface area contributed by atoms with Crippen LogP contribution < -0.4 is 13.6 Å². The Morgan fingerprint density at radius 2 is 1.21 bits per heavy atom. The molecule has 0 aliphatic carbocycles. The van der Waals surface area contributed by atoms with Gasteiger partial charge in [-0.3, -0.25) is 0 Å². The smallest absolute Gasteiger partial charge is 0.386 e. The van der Waals surface area contributed by atoms with Gasteiger partial charge in [0.1, 0.15) is 17.2 Å². The number of aryl methyl sites for hydroxylation is 2. The van der Waals surface area contributed by atoms with Gasteiger partial charge in [-0.15, -0.1) is 0 Å². The lowest BCUT2D eigenvalue weighted by Gasteiger charge is -2.22. The van der Waals surface area contributed by atoms with E-state index in [1.807, 2.05) is 80.6 Å². The van der Waals surface area contributed by atoms with Gasteiger partial charge >= 0.3 is 7.82 Å². The predicted octanol–water partition coefficient (Wildman–Crippen LogP) is 8.40. The third-order valence-electron chi connectivity index (χ3n) is 5.49. The van der Waals surface area contributed by atoms with Crippen molar-refractivity contribution in [3.05, 3.63) is 102 Å². The van der Waals surface area contributed by atoms with Crippen LogP contribution in [0.1, 0.15) is 37.5 Å². The number of fused-ring (bicyclic) bond motifs is 1. The SMILES string of the molecule is Cc1cccc(C)c1OP(=O)(Oc1ccc(C(C)(C)C)cc1)Oc1ccc2ccccc2c1. The van der Waals surface area contributed by atoms with Crippen LogP contribution in [0.2, 0.25) is 0 Å². The lowest BCUT2D eigenvalue weighted by molar-refractivity contribution is 0.297. The van der Waals surface area contributed by atoms with Crippen molar-refractivity contribution in [1.82, 2.24) is 0 Å². The zero-order valence-electron chi connectivity index (χ0n) is 19.7. The summed E-state index contributed by atoms with van der Waals surface area (Å²) < 4.78 is 31.8. The van der Waals surface area contributed by atoms with Crippen molar-refractivity contribution in [2.24, 2.45) is 0 Å². The molecule has 4 rings (SSSR count). The highest BCUT2D eigenvalue weighted by Gasteiger charge is 2.34. The first kappa shape index (κ1) is 22.9. The summed E-state index contributed by atoms with van der Waals surface area (Å²) in [6, 6.07) is 26.7. The molecule has 4 aromatic carbocycles. The average molecular weight is 461 g/mol. The third-order valence-corrected chi connectivity index (χ3v) is 6.76. The lowest BCUT2D eigenvalue weighted by Crippen LogP contribution is -2.11. The second-order valence-corrected chi connectivity index (χ2v) is 10.7. The van der Waals surface area contributed by atoms with Crippen LogP contribution in [-0.4, -0.2) is 0 Å². The van der Waals surface area contributed by atoms with Gasteiger partial charge in [-0.25, -0.2) is 0 Å². The molecule has 0 bridgehead atoms. The lowest BCUT2D eigenvalue weighted by atomic mass is 9.87. The molecule has 0 saturated carbocycles. The van der Waals surface area contributed by atoms with E-state index >= 15 is 0 Å². The van der Waals surface area contributed by atoms with E-state index in [1.54, 1.807) is 18.2 Å². The zero-order chi connectivity index (χ0) is 23.6. The molecule has 170 valence electrons. The minimum absolute atomic E-state index is 0.00141. The summed E-state index contributed by atoms with van der Waals surface area (Å²) in [6.45, 7) is 10.2. The van der Waals surface area contributed by atoms with Gasteiger partial charge in [0.2, 0.25) is 0 Å². The number of phosphoric ester groups is 1. The van der Waals surface area contributed by atoms with Crippen LogP contribution in [0.15, 0.2) is 84.9 Å². The van der Waals surface area contributed by atoms with Crippen molar-refractivity contribution in [3.63, 3.8) is 0 Å². The maximum absolute atomic E-state index is 14.0. The molecule has 4 nitrogen and oxygen atoms in total. The highest BCUT2D eigenvalue weighted by molar-refractivity contribution is 7.49. The Hall–Kier alpha value is -3.23. The van der Waals surface area contributed by atoms with Gasteiger partial charge in [0, 0.05) is 0 Å². The molecular weight excluding hydrogens is 431 g/mol. The first-order valence-corrected chi connectivity index (χ1v) is 12.4. The van der Waals surface area contributed by atoms with Gasteiger partial charge < -0.3 is 13.6 Å². The molecule has 0 heterocycles. The molecule has 0 aromatic heterocycles. The number of phosphoric acid groups is 1. The van der Waals surface area contributed by atoms with Gasteiger partial charge in [0.05, 0.1) is 0 Å². The van der Waals surface area contributed by atoms with Crippen molar-refractivity contribution < 1.29 is 18.1 Å². The van der Waals surface area contributed by atoms with Gasteiger partial charge in [-0.1, -0.05) is 81.4 Å². The number of para-hydroxylation sites is 1. The number of rotatable bonds is 6.